The Morgan fingerprint density at radius 1 is 1.21 bits per heavy atom. The highest BCUT2D eigenvalue weighted by molar-refractivity contribution is 7.89. The lowest BCUT2D eigenvalue weighted by Gasteiger charge is -2.29. The van der Waals surface area contributed by atoms with E-state index in [9.17, 15) is 21.6 Å². The molecule has 2 bridgehead atoms. The average molecular weight is 387 g/mol. The van der Waals surface area contributed by atoms with Gasteiger partial charge in [-0.05, 0) is 43.9 Å². The van der Waals surface area contributed by atoms with Crippen LogP contribution in [0.5, 0.6) is 5.75 Å². The predicted octanol–water partition coefficient (Wildman–Crippen LogP) is 2.41. The summed E-state index contributed by atoms with van der Waals surface area (Å²) >= 11 is 0. The van der Waals surface area contributed by atoms with Gasteiger partial charge in [-0.1, -0.05) is 0 Å². The first-order valence-electron chi connectivity index (χ1n) is 7.36. The molecule has 2 fully saturated rings. The number of benzene rings is 1. The first-order chi connectivity index (χ1) is 10.8. The van der Waals surface area contributed by atoms with Gasteiger partial charge in [-0.2, -0.15) is 8.78 Å². The second-order valence-electron chi connectivity index (χ2n) is 5.90. The Labute approximate surface area is 144 Å². The molecular weight excluding hydrogens is 369 g/mol. The first-order valence-corrected chi connectivity index (χ1v) is 8.84. The van der Waals surface area contributed by atoms with E-state index in [-0.39, 0.29) is 23.3 Å². The zero-order chi connectivity index (χ0) is 16.6. The largest absolute Gasteiger partial charge is 0.432 e. The van der Waals surface area contributed by atoms with Crippen LogP contribution in [0.4, 0.5) is 13.2 Å². The Bertz CT molecular complexity index is 678. The summed E-state index contributed by atoms with van der Waals surface area (Å²) in [5, 5.41) is 3.40. The van der Waals surface area contributed by atoms with E-state index >= 15 is 0 Å². The van der Waals surface area contributed by atoms with Crippen LogP contribution in [-0.2, 0) is 10.0 Å². The Hall–Kier alpha value is -1.03. The molecule has 2 heterocycles. The van der Waals surface area contributed by atoms with Gasteiger partial charge in [0.2, 0.25) is 10.0 Å². The molecule has 2 N–H and O–H groups in total. The molecule has 0 aliphatic carbocycles. The standard InChI is InChI=1S/C14H17F3N2O3S.ClH/c15-12-7-11(3-4-13(12)22-14(16)17)23(20,21)19-10-5-8-1-2-9(6-10)18-8;/h3-4,7-10,14,18-19H,1-2,5-6H2;1H. The van der Waals surface area contributed by atoms with Crippen molar-refractivity contribution in [1.29, 1.82) is 0 Å². The third-order valence-electron chi connectivity index (χ3n) is 4.22. The summed E-state index contributed by atoms with van der Waals surface area (Å²) in [5.74, 6) is -1.82. The van der Waals surface area contributed by atoms with E-state index in [0.29, 0.717) is 31.0 Å². The molecule has 3 rings (SSSR count). The second-order valence-corrected chi connectivity index (χ2v) is 7.61. The normalized spacial score (nSPS) is 26.2. The summed E-state index contributed by atoms with van der Waals surface area (Å²) < 4.78 is 69.1. The molecule has 136 valence electrons. The van der Waals surface area contributed by atoms with Crippen LogP contribution in [-0.4, -0.2) is 33.2 Å². The molecule has 2 unspecified atom stereocenters. The molecule has 2 atom stereocenters. The molecule has 0 spiro atoms. The van der Waals surface area contributed by atoms with E-state index in [4.69, 9.17) is 0 Å². The Kier molecular flexibility index (Phi) is 6.00. The zero-order valence-electron chi connectivity index (χ0n) is 12.5. The minimum Gasteiger partial charge on any atom is -0.432 e. The van der Waals surface area contributed by atoms with Gasteiger partial charge >= 0.3 is 6.61 Å². The Morgan fingerprint density at radius 3 is 2.38 bits per heavy atom. The summed E-state index contributed by atoms with van der Waals surface area (Å²) in [5.41, 5.74) is 0. The van der Waals surface area contributed by atoms with Gasteiger partial charge in [-0.3, -0.25) is 0 Å². The average Bonchev–Trinajstić information content (AvgIpc) is 2.79. The smallest absolute Gasteiger partial charge is 0.387 e. The summed E-state index contributed by atoms with van der Waals surface area (Å²) in [4.78, 5) is -0.303. The van der Waals surface area contributed by atoms with Crippen molar-refractivity contribution in [2.45, 2.75) is 55.3 Å². The van der Waals surface area contributed by atoms with Gasteiger partial charge in [0.25, 0.3) is 0 Å². The SMILES string of the molecule is Cl.O=S(=O)(NC1CC2CCC(C1)N2)c1ccc(OC(F)F)c(F)c1. The summed E-state index contributed by atoms with van der Waals surface area (Å²) in [6, 6.07) is 3.04. The van der Waals surface area contributed by atoms with Crippen LogP contribution in [0.3, 0.4) is 0 Å². The van der Waals surface area contributed by atoms with E-state index in [1.807, 2.05) is 0 Å². The molecule has 0 saturated carbocycles. The molecule has 2 aliphatic rings. The van der Waals surface area contributed by atoms with Crippen LogP contribution in [0, 0.1) is 5.82 Å². The minimum atomic E-state index is -3.91. The highest BCUT2D eigenvalue weighted by Crippen LogP contribution is 2.28. The molecule has 1 aromatic rings. The van der Waals surface area contributed by atoms with Gasteiger partial charge < -0.3 is 10.1 Å². The van der Waals surface area contributed by atoms with E-state index in [2.05, 4.69) is 14.8 Å². The molecule has 2 saturated heterocycles. The Balaban J connectivity index is 0.00000208. The quantitative estimate of drug-likeness (QED) is 0.815. The molecular formula is C14H18ClF3N2O3S. The van der Waals surface area contributed by atoms with Crippen molar-refractivity contribution in [2.75, 3.05) is 0 Å². The molecule has 24 heavy (non-hydrogen) atoms. The van der Waals surface area contributed by atoms with Crippen LogP contribution in [0.1, 0.15) is 25.7 Å². The number of ether oxygens (including phenoxy) is 1. The molecule has 2 aliphatic heterocycles. The fourth-order valence-electron chi connectivity index (χ4n) is 3.28. The van der Waals surface area contributed by atoms with Crippen LogP contribution in [0.2, 0.25) is 0 Å². The van der Waals surface area contributed by atoms with Crippen LogP contribution in [0.15, 0.2) is 23.1 Å². The van der Waals surface area contributed by atoms with E-state index < -0.39 is 28.2 Å². The fourth-order valence-corrected chi connectivity index (χ4v) is 4.55. The molecule has 5 nitrogen and oxygen atoms in total. The Morgan fingerprint density at radius 2 is 1.83 bits per heavy atom. The van der Waals surface area contributed by atoms with Crippen molar-refractivity contribution in [3.63, 3.8) is 0 Å². The number of halogens is 4. The highest BCUT2D eigenvalue weighted by atomic mass is 35.5. The number of rotatable bonds is 5. The lowest BCUT2D eigenvalue weighted by atomic mass is 10.0. The first kappa shape index (κ1) is 19.3. The van der Waals surface area contributed by atoms with E-state index in [1.165, 1.54) is 0 Å². The van der Waals surface area contributed by atoms with Crippen molar-refractivity contribution in [3.05, 3.63) is 24.0 Å². The predicted molar refractivity (Wildman–Crippen MR) is 83.6 cm³/mol. The monoisotopic (exact) mass is 386 g/mol. The maximum absolute atomic E-state index is 13.7. The molecule has 0 amide bonds. The number of hydrogen-bond donors (Lipinski definition) is 2. The lowest BCUT2D eigenvalue weighted by Crippen LogP contribution is -2.47. The van der Waals surface area contributed by atoms with Crippen LogP contribution in [0.25, 0.3) is 0 Å². The topological polar surface area (TPSA) is 67.4 Å². The molecule has 0 radical (unpaired) electrons. The van der Waals surface area contributed by atoms with Crippen molar-refractivity contribution in [3.8, 4) is 5.75 Å². The van der Waals surface area contributed by atoms with Crippen molar-refractivity contribution < 1.29 is 26.3 Å². The summed E-state index contributed by atoms with van der Waals surface area (Å²) in [6.45, 7) is -3.17. The third kappa shape index (κ3) is 4.33. The van der Waals surface area contributed by atoms with Crippen LogP contribution < -0.4 is 14.8 Å². The highest BCUT2D eigenvalue weighted by Gasteiger charge is 2.35. The van der Waals surface area contributed by atoms with Gasteiger partial charge in [-0.15, -0.1) is 12.4 Å². The van der Waals surface area contributed by atoms with Crippen LogP contribution >= 0.6 is 12.4 Å². The molecule has 10 heteroatoms. The number of sulfonamides is 1. The summed E-state index contributed by atoms with van der Waals surface area (Å²) in [6.07, 6.45) is 3.42. The van der Waals surface area contributed by atoms with Gasteiger partial charge in [-0.25, -0.2) is 17.5 Å². The number of hydrogen-bond acceptors (Lipinski definition) is 4. The molecule has 0 aromatic heterocycles. The van der Waals surface area contributed by atoms with E-state index in [1.54, 1.807) is 0 Å². The van der Waals surface area contributed by atoms with Gasteiger partial charge in [0, 0.05) is 18.1 Å². The molecule has 1 aromatic carbocycles. The van der Waals surface area contributed by atoms with Gasteiger partial charge in [0.1, 0.15) is 0 Å². The van der Waals surface area contributed by atoms with Crippen molar-refractivity contribution >= 4 is 22.4 Å². The zero-order valence-corrected chi connectivity index (χ0v) is 14.2. The van der Waals surface area contributed by atoms with Crippen molar-refractivity contribution in [1.82, 2.24) is 10.0 Å². The van der Waals surface area contributed by atoms with Gasteiger partial charge in [0.05, 0.1) is 4.90 Å². The number of nitrogens with one attached hydrogen (secondary N) is 2. The number of fused-ring (bicyclic) bond motifs is 2. The van der Waals surface area contributed by atoms with Crippen molar-refractivity contribution in [2.24, 2.45) is 0 Å². The maximum atomic E-state index is 13.7. The minimum absolute atomic E-state index is 0. The third-order valence-corrected chi connectivity index (χ3v) is 5.74. The maximum Gasteiger partial charge on any atom is 0.387 e. The van der Waals surface area contributed by atoms with E-state index in [0.717, 1.165) is 25.0 Å². The second kappa shape index (κ2) is 7.47. The van der Waals surface area contributed by atoms with Gasteiger partial charge in [0.15, 0.2) is 11.6 Å². The number of alkyl halides is 2. The number of piperidine rings is 1. The summed E-state index contributed by atoms with van der Waals surface area (Å²) in [7, 11) is -3.91. The fraction of sp³-hybridized carbons (Fsp3) is 0.571. The lowest BCUT2D eigenvalue weighted by molar-refractivity contribution is -0.0522.